The first-order chi connectivity index (χ1) is 14.2. The molecule has 1 aromatic rings. The summed E-state index contributed by atoms with van der Waals surface area (Å²) in [4.78, 5) is 26.8. The lowest BCUT2D eigenvalue weighted by molar-refractivity contribution is -0.155. The lowest BCUT2D eigenvalue weighted by Gasteiger charge is -2.33. The molecule has 7 nitrogen and oxygen atoms in total. The minimum atomic E-state index is -0.458. The van der Waals surface area contributed by atoms with Crippen molar-refractivity contribution >= 4 is 23.6 Å². The summed E-state index contributed by atoms with van der Waals surface area (Å²) >= 11 is 1.40. The van der Waals surface area contributed by atoms with Gasteiger partial charge in [-0.05, 0) is 39.0 Å². The van der Waals surface area contributed by atoms with E-state index in [0.29, 0.717) is 32.0 Å². The highest BCUT2D eigenvalue weighted by Gasteiger charge is 2.33. The number of carbonyl (C=O) groups excluding carboxylic acids is 2. The first-order valence-corrected chi connectivity index (χ1v) is 11.8. The number of ether oxygens (including phenoxy) is 1. The topological polar surface area (TPSA) is 77.3 Å². The summed E-state index contributed by atoms with van der Waals surface area (Å²) in [5.74, 6) is 1.37. The van der Waals surface area contributed by atoms with Gasteiger partial charge in [-0.1, -0.05) is 37.1 Å². The molecule has 3 rings (SSSR count). The molecule has 1 saturated carbocycles. The van der Waals surface area contributed by atoms with Gasteiger partial charge in [-0.3, -0.25) is 4.79 Å². The number of hydrogen-bond acceptors (Lipinski definition) is 6. The molecule has 2 aliphatic rings. The Balaban J connectivity index is 1.66. The van der Waals surface area contributed by atoms with Gasteiger partial charge >= 0.3 is 5.97 Å². The average Bonchev–Trinajstić information content (AvgIpc) is 3.15. The molecule has 1 aliphatic carbocycles. The lowest BCUT2D eigenvalue weighted by atomic mass is 9.89. The number of thioether (sulfide) groups is 1. The number of amides is 1. The highest BCUT2D eigenvalue weighted by Crippen LogP contribution is 2.33. The van der Waals surface area contributed by atoms with Crippen molar-refractivity contribution in [1.82, 2.24) is 19.7 Å². The van der Waals surface area contributed by atoms with Gasteiger partial charge < -0.3 is 14.2 Å². The third-order valence-electron chi connectivity index (χ3n) is 5.73. The predicted octanol–water partition coefficient (Wildman–Crippen LogP) is 3.55. The molecule has 1 atom stereocenters. The molecule has 0 spiro atoms. The minimum Gasteiger partial charge on any atom is -0.464 e. The molecule has 0 aromatic carbocycles. The lowest BCUT2D eigenvalue weighted by Crippen LogP contribution is -2.49. The van der Waals surface area contributed by atoms with E-state index in [1.165, 1.54) is 31.0 Å². The Morgan fingerprint density at radius 1 is 1.17 bits per heavy atom. The van der Waals surface area contributed by atoms with Crippen LogP contribution < -0.4 is 0 Å². The van der Waals surface area contributed by atoms with E-state index in [0.717, 1.165) is 36.7 Å². The molecule has 0 unspecified atom stereocenters. The number of rotatable bonds is 8. The normalized spacial score (nSPS) is 20.4. The third-order valence-corrected chi connectivity index (χ3v) is 6.69. The molecular formula is C21H32N4O3S. The Morgan fingerprint density at radius 2 is 1.93 bits per heavy atom. The fourth-order valence-corrected chi connectivity index (χ4v) is 5.13. The fraction of sp³-hybridized carbons (Fsp3) is 0.714. The van der Waals surface area contributed by atoms with Crippen molar-refractivity contribution in [2.24, 2.45) is 0 Å². The summed E-state index contributed by atoms with van der Waals surface area (Å²) in [5, 5.41) is 9.59. The van der Waals surface area contributed by atoms with Crippen LogP contribution in [-0.2, 0) is 20.9 Å². The standard InChI is InChI=1S/C21H32N4O3S/c1-3-13-25-19(16-10-6-5-7-11-16)22-23-21(25)29-15-18(26)24-14-9-8-12-17(24)20(27)28-4-2/h3,16-17H,1,4-15H2,2H3/t17-/m1/s1. The van der Waals surface area contributed by atoms with Crippen molar-refractivity contribution in [3.05, 3.63) is 18.5 Å². The number of esters is 1. The van der Waals surface area contributed by atoms with E-state index in [9.17, 15) is 9.59 Å². The smallest absolute Gasteiger partial charge is 0.328 e. The van der Waals surface area contributed by atoms with Crippen molar-refractivity contribution in [2.45, 2.75) is 82.0 Å². The Labute approximate surface area is 177 Å². The molecular weight excluding hydrogens is 388 g/mol. The predicted molar refractivity (Wildman–Crippen MR) is 113 cm³/mol. The maximum Gasteiger partial charge on any atom is 0.328 e. The first kappa shape index (κ1) is 21.9. The van der Waals surface area contributed by atoms with Gasteiger partial charge in [0.2, 0.25) is 5.91 Å². The molecule has 2 heterocycles. The van der Waals surface area contributed by atoms with Crippen LogP contribution in [0.25, 0.3) is 0 Å². The maximum absolute atomic E-state index is 12.9. The van der Waals surface area contributed by atoms with E-state index in [2.05, 4.69) is 21.3 Å². The van der Waals surface area contributed by atoms with Gasteiger partial charge in [-0.25, -0.2) is 4.79 Å². The molecule has 8 heteroatoms. The molecule has 0 N–H and O–H groups in total. The molecule has 1 aliphatic heterocycles. The number of piperidine rings is 1. The van der Waals surface area contributed by atoms with Gasteiger partial charge in [0.05, 0.1) is 12.4 Å². The molecule has 1 amide bonds. The SMILES string of the molecule is C=CCn1c(SCC(=O)N2CCCC[C@@H]2C(=O)OCC)nnc1C1CCCCC1. The van der Waals surface area contributed by atoms with Crippen molar-refractivity contribution in [3.63, 3.8) is 0 Å². The molecule has 29 heavy (non-hydrogen) atoms. The van der Waals surface area contributed by atoms with Crippen LogP contribution in [0.5, 0.6) is 0 Å². The maximum atomic E-state index is 12.9. The number of nitrogens with zero attached hydrogens (tertiary/aromatic N) is 4. The number of likely N-dealkylation sites (tertiary alicyclic amines) is 1. The summed E-state index contributed by atoms with van der Waals surface area (Å²) in [7, 11) is 0. The summed E-state index contributed by atoms with van der Waals surface area (Å²) in [6.45, 7) is 7.24. The molecule has 0 bridgehead atoms. The Kier molecular flexibility index (Phi) is 8.15. The second kappa shape index (κ2) is 10.8. The van der Waals surface area contributed by atoms with Crippen LogP contribution in [-0.4, -0.2) is 56.5 Å². The number of allylic oxidation sites excluding steroid dienone is 1. The number of carbonyl (C=O) groups is 2. The van der Waals surface area contributed by atoms with E-state index in [-0.39, 0.29) is 17.6 Å². The van der Waals surface area contributed by atoms with Gasteiger partial charge in [0.15, 0.2) is 5.16 Å². The number of hydrogen-bond donors (Lipinski definition) is 0. The van der Waals surface area contributed by atoms with E-state index >= 15 is 0 Å². The van der Waals surface area contributed by atoms with Crippen LogP contribution in [0.1, 0.15) is 70.0 Å². The van der Waals surface area contributed by atoms with Crippen LogP contribution in [0.3, 0.4) is 0 Å². The second-order valence-corrected chi connectivity index (χ2v) is 8.66. The molecule has 1 saturated heterocycles. The Morgan fingerprint density at radius 3 is 2.66 bits per heavy atom. The molecule has 2 fully saturated rings. The average molecular weight is 421 g/mol. The summed E-state index contributed by atoms with van der Waals surface area (Å²) in [5.41, 5.74) is 0. The van der Waals surface area contributed by atoms with Crippen molar-refractivity contribution < 1.29 is 14.3 Å². The van der Waals surface area contributed by atoms with Crippen molar-refractivity contribution in [2.75, 3.05) is 18.9 Å². The van der Waals surface area contributed by atoms with Crippen LogP contribution in [0.4, 0.5) is 0 Å². The zero-order valence-corrected chi connectivity index (χ0v) is 18.2. The van der Waals surface area contributed by atoms with Gasteiger partial charge in [0.1, 0.15) is 11.9 Å². The fourth-order valence-electron chi connectivity index (χ4n) is 4.29. The summed E-state index contributed by atoms with van der Waals surface area (Å²) in [6.07, 6.45) is 10.4. The molecule has 160 valence electrons. The van der Waals surface area contributed by atoms with Gasteiger partial charge in [0, 0.05) is 19.0 Å². The van der Waals surface area contributed by atoms with E-state index in [4.69, 9.17) is 4.74 Å². The molecule has 0 radical (unpaired) electrons. The summed E-state index contributed by atoms with van der Waals surface area (Å²) < 4.78 is 7.27. The quantitative estimate of drug-likeness (QED) is 0.364. The van der Waals surface area contributed by atoms with Gasteiger partial charge in [-0.15, -0.1) is 16.8 Å². The zero-order chi connectivity index (χ0) is 20.6. The highest BCUT2D eigenvalue weighted by molar-refractivity contribution is 7.99. The first-order valence-electron chi connectivity index (χ1n) is 10.8. The van der Waals surface area contributed by atoms with Gasteiger partial charge in [0.25, 0.3) is 0 Å². The third kappa shape index (κ3) is 5.41. The van der Waals surface area contributed by atoms with Crippen LogP contribution in [0, 0.1) is 0 Å². The minimum absolute atomic E-state index is 0.0416. The van der Waals surface area contributed by atoms with E-state index in [1.54, 1.807) is 11.8 Å². The highest BCUT2D eigenvalue weighted by atomic mass is 32.2. The zero-order valence-electron chi connectivity index (χ0n) is 17.3. The Bertz CT molecular complexity index is 715. The van der Waals surface area contributed by atoms with Gasteiger partial charge in [-0.2, -0.15) is 0 Å². The van der Waals surface area contributed by atoms with Crippen LogP contribution in [0.2, 0.25) is 0 Å². The van der Waals surface area contributed by atoms with E-state index in [1.807, 2.05) is 6.08 Å². The summed E-state index contributed by atoms with van der Waals surface area (Å²) in [6, 6.07) is -0.458. The number of aromatic nitrogens is 3. The Hall–Kier alpha value is -1.83. The van der Waals surface area contributed by atoms with Crippen LogP contribution >= 0.6 is 11.8 Å². The van der Waals surface area contributed by atoms with Crippen molar-refractivity contribution in [3.8, 4) is 0 Å². The van der Waals surface area contributed by atoms with E-state index < -0.39 is 6.04 Å². The van der Waals surface area contributed by atoms with Crippen LogP contribution in [0.15, 0.2) is 17.8 Å². The molecule has 1 aromatic heterocycles. The largest absolute Gasteiger partial charge is 0.464 e. The van der Waals surface area contributed by atoms with Crippen molar-refractivity contribution in [1.29, 1.82) is 0 Å². The second-order valence-electron chi connectivity index (χ2n) is 7.71. The monoisotopic (exact) mass is 420 g/mol.